The number of Topliss-reactive ketones (excluding diaryl/α,β-unsaturated/α-hetero) is 1. The molecule has 2 aromatic heterocycles. The Kier molecular flexibility index (Phi) is 8.47. The predicted octanol–water partition coefficient (Wildman–Crippen LogP) is 2.46. The Balaban J connectivity index is 0.00000320. The molecule has 11 heteroatoms. The van der Waals surface area contributed by atoms with Gasteiger partial charge in [0.2, 0.25) is 0 Å². The SMILES string of the molecule is CC(=O)CN1CCC(c2cc3c(cnn3-c3cc(N4CCO[C@H](CO)C4)nc(C)n3)cc2C)C(F)C1.S. The molecular formula is C26H35FN6O3S. The van der Waals surface area contributed by atoms with Crippen molar-refractivity contribution in [3.05, 3.63) is 41.3 Å². The highest BCUT2D eigenvalue weighted by Gasteiger charge is 2.32. The number of benzene rings is 1. The van der Waals surface area contributed by atoms with Crippen LogP contribution < -0.4 is 4.90 Å². The minimum atomic E-state index is -1.04. The van der Waals surface area contributed by atoms with E-state index in [1.54, 1.807) is 11.6 Å². The van der Waals surface area contributed by atoms with Gasteiger partial charge in [0, 0.05) is 37.0 Å². The van der Waals surface area contributed by atoms with Crippen LogP contribution in [0.4, 0.5) is 10.2 Å². The number of aryl methyl sites for hydroxylation is 2. The number of carbonyl (C=O) groups excluding carboxylic acids is 1. The lowest BCUT2D eigenvalue weighted by molar-refractivity contribution is -0.118. The molecule has 0 spiro atoms. The number of halogens is 1. The molecule has 2 saturated heterocycles. The van der Waals surface area contributed by atoms with E-state index in [1.165, 1.54) is 0 Å². The van der Waals surface area contributed by atoms with Crippen molar-refractivity contribution in [3.63, 3.8) is 0 Å². The van der Waals surface area contributed by atoms with Crippen molar-refractivity contribution >= 4 is 36.0 Å². The third kappa shape index (κ3) is 5.79. The van der Waals surface area contributed by atoms with Gasteiger partial charge in [0.05, 0.1) is 37.6 Å². The van der Waals surface area contributed by atoms with Gasteiger partial charge in [-0.05, 0) is 57.0 Å². The lowest BCUT2D eigenvalue weighted by Gasteiger charge is -2.35. The van der Waals surface area contributed by atoms with Gasteiger partial charge in [-0.2, -0.15) is 18.6 Å². The quantitative estimate of drug-likeness (QED) is 0.519. The maximum atomic E-state index is 15.3. The van der Waals surface area contributed by atoms with Gasteiger partial charge >= 0.3 is 0 Å². The average Bonchev–Trinajstić information content (AvgIpc) is 3.26. The Morgan fingerprint density at radius 2 is 1.95 bits per heavy atom. The summed E-state index contributed by atoms with van der Waals surface area (Å²) in [6.45, 7) is 8.39. The number of aliphatic hydroxyl groups excluding tert-OH is 1. The number of fused-ring (bicyclic) bond motifs is 1. The number of hydrogen-bond donors (Lipinski definition) is 1. The number of aliphatic hydroxyl groups is 1. The van der Waals surface area contributed by atoms with Crippen molar-refractivity contribution in [2.24, 2.45) is 0 Å². The molecule has 3 atom stereocenters. The second-order valence-electron chi connectivity index (χ2n) is 9.93. The van der Waals surface area contributed by atoms with Crippen LogP contribution in [-0.2, 0) is 9.53 Å². The maximum absolute atomic E-state index is 15.3. The van der Waals surface area contributed by atoms with Gasteiger partial charge in [-0.15, -0.1) is 0 Å². The fraction of sp³-hybridized carbons (Fsp3) is 0.538. The summed E-state index contributed by atoms with van der Waals surface area (Å²) >= 11 is 0. The number of morpholine rings is 1. The smallest absolute Gasteiger partial charge is 0.159 e. The Morgan fingerprint density at radius 1 is 1.16 bits per heavy atom. The molecule has 200 valence electrons. The molecule has 0 aliphatic carbocycles. The molecule has 5 rings (SSSR count). The van der Waals surface area contributed by atoms with Gasteiger partial charge in [0.15, 0.2) is 5.82 Å². The number of aromatic nitrogens is 4. The van der Waals surface area contributed by atoms with Gasteiger partial charge in [-0.1, -0.05) is 0 Å². The van der Waals surface area contributed by atoms with Crippen LogP contribution >= 0.6 is 13.5 Å². The van der Waals surface area contributed by atoms with Crippen LogP contribution in [0.15, 0.2) is 24.4 Å². The van der Waals surface area contributed by atoms with Crippen LogP contribution in [0.3, 0.4) is 0 Å². The summed E-state index contributed by atoms with van der Waals surface area (Å²) < 4.78 is 22.7. The van der Waals surface area contributed by atoms with Crippen LogP contribution in [0.5, 0.6) is 0 Å². The van der Waals surface area contributed by atoms with Gasteiger partial charge in [-0.3, -0.25) is 9.69 Å². The van der Waals surface area contributed by atoms with Gasteiger partial charge in [-0.25, -0.2) is 19.0 Å². The molecule has 2 fully saturated rings. The number of ether oxygens (including phenoxy) is 1. The van der Waals surface area contributed by atoms with Gasteiger partial charge in [0.1, 0.15) is 23.6 Å². The van der Waals surface area contributed by atoms with Crippen LogP contribution in [-0.4, -0.2) is 93.8 Å². The first kappa shape index (κ1) is 27.4. The largest absolute Gasteiger partial charge is 0.394 e. The summed E-state index contributed by atoms with van der Waals surface area (Å²) in [5, 5.41) is 15.1. The number of alkyl halides is 1. The zero-order valence-corrected chi connectivity index (χ0v) is 22.5. The summed E-state index contributed by atoms with van der Waals surface area (Å²) in [6, 6.07) is 6.01. The van der Waals surface area contributed by atoms with Crippen molar-refractivity contribution in [2.75, 3.05) is 50.8 Å². The average molecular weight is 531 g/mol. The van der Waals surface area contributed by atoms with E-state index in [4.69, 9.17) is 4.74 Å². The molecule has 37 heavy (non-hydrogen) atoms. The normalized spacial score (nSPS) is 22.7. The minimum Gasteiger partial charge on any atom is -0.394 e. The van der Waals surface area contributed by atoms with Crippen LogP contribution in [0.25, 0.3) is 16.7 Å². The van der Waals surface area contributed by atoms with E-state index in [1.807, 2.05) is 37.1 Å². The van der Waals surface area contributed by atoms with E-state index in [9.17, 15) is 9.90 Å². The first-order chi connectivity index (χ1) is 17.3. The fourth-order valence-corrected chi connectivity index (χ4v) is 5.41. The van der Waals surface area contributed by atoms with Crippen LogP contribution in [0.1, 0.15) is 36.2 Å². The molecule has 2 aliphatic rings. The van der Waals surface area contributed by atoms with E-state index >= 15 is 4.39 Å². The monoisotopic (exact) mass is 530 g/mol. The van der Waals surface area contributed by atoms with E-state index in [0.29, 0.717) is 50.8 Å². The lowest BCUT2D eigenvalue weighted by Crippen LogP contribution is -2.44. The number of nitrogens with zero attached hydrogens (tertiary/aromatic N) is 6. The number of anilines is 1. The molecule has 1 N–H and O–H groups in total. The van der Waals surface area contributed by atoms with Gasteiger partial charge in [0.25, 0.3) is 0 Å². The highest BCUT2D eigenvalue weighted by Crippen LogP contribution is 2.35. The summed E-state index contributed by atoms with van der Waals surface area (Å²) in [5.41, 5.74) is 2.88. The number of likely N-dealkylation sites (tertiary alicyclic amines) is 1. The second kappa shape index (κ2) is 11.4. The Bertz CT molecular complexity index is 1270. The molecule has 0 amide bonds. The number of carbonyl (C=O) groups is 1. The highest BCUT2D eigenvalue weighted by atomic mass is 32.1. The fourth-order valence-electron chi connectivity index (χ4n) is 5.41. The predicted molar refractivity (Wildman–Crippen MR) is 145 cm³/mol. The van der Waals surface area contributed by atoms with Gasteiger partial charge < -0.3 is 14.7 Å². The summed E-state index contributed by atoms with van der Waals surface area (Å²) in [6.07, 6.45) is 1.18. The molecule has 3 aromatic rings. The molecule has 2 aliphatic heterocycles. The van der Waals surface area contributed by atoms with Crippen molar-refractivity contribution < 1.29 is 19.0 Å². The summed E-state index contributed by atoms with van der Waals surface area (Å²) in [7, 11) is 0. The highest BCUT2D eigenvalue weighted by molar-refractivity contribution is 7.59. The molecule has 0 bridgehead atoms. The summed E-state index contributed by atoms with van der Waals surface area (Å²) in [5.74, 6) is 1.85. The van der Waals surface area contributed by atoms with Crippen LogP contribution in [0.2, 0.25) is 0 Å². The van der Waals surface area contributed by atoms with Crippen molar-refractivity contribution in [3.8, 4) is 5.82 Å². The molecule has 4 heterocycles. The standard InChI is InChI=1S/C26H33FN6O3.H2S/c1-16-8-19-11-28-33(24(19)9-22(16)21-4-5-31(12-17(2)35)14-23(21)27)26-10-25(29-18(3)30-26)32-6-7-36-20(13-32)15-34;/h8-11,20-21,23,34H,4-7,12-15H2,1-3H3;1H2/t20-,21?,23?;/m0./s1. The molecule has 0 radical (unpaired) electrons. The minimum absolute atomic E-state index is 0. The van der Waals surface area contributed by atoms with E-state index in [2.05, 4.69) is 26.0 Å². The van der Waals surface area contributed by atoms with E-state index < -0.39 is 6.17 Å². The molecule has 9 nitrogen and oxygen atoms in total. The van der Waals surface area contributed by atoms with Crippen molar-refractivity contribution in [1.82, 2.24) is 24.6 Å². The number of ketones is 1. The third-order valence-corrected chi connectivity index (χ3v) is 7.12. The molecule has 2 unspecified atom stereocenters. The second-order valence-corrected chi connectivity index (χ2v) is 9.93. The molecule has 0 saturated carbocycles. The van der Waals surface area contributed by atoms with E-state index in [0.717, 1.165) is 27.8 Å². The maximum Gasteiger partial charge on any atom is 0.159 e. The Morgan fingerprint density at radius 3 is 2.68 bits per heavy atom. The van der Waals surface area contributed by atoms with Crippen molar-refractivity contribution in [1.29, 1.82) is 0 Å². The van der Waals surface area contributed by atoms with E-state index in [-0.39, 0.29) is 44.5 Å². The summed E-state index contributed by atoms with van der Waals surface area (Å²) in [4.78, 5) is 24.7. The number of rotatable bonds is 6. The topological polar surface area (TPSA) is 96.6 Å². The first-order valence-electron chi connectivity index (χ1n) is 12.5. The zero-order valence-electron chi connectivity index (χ0n) is 21.5. The van der Waals surface area contributed by atoms with Crippen LogP contribution in [0, 0.1) is 13.8 Å². The molecular weight excluding hydrogens is 495 g/mol. The Hall–Kier alpha value is -2.60. The number of hydrogen-bond acceptors (Lipinski definition) is 8. The lowest BCUT2D eigenvalue weighted by atomic mass is 9.85. The number of piperidine rings is 1. The third-order valence-electron chi connectivity index (χ3n) is 7.12. The zero-order chi connectivity index (χ0) is 25.4. The Labute approximate surface area is 223 Å². The van der Waals surface area contributed by atoms with Crippen molar-refractivity contribution in [2.45, 2.75) is 45.4 Å². The first-order valence-corrected chi connectivity index (χ1v) is 12.5. The molecule has 1 aromatic carbocycles.